The minimum atomic E-state index is -0.101. The molecule has 2 heterocycles. The number of para-hydroxylation sites is 2. The first-order valence-electron chi connectivity index (χ1n) is 13.5. The van der Waals surface area contributed by atoms with Crippen LogP contribution in [0.2, 0.25) is 0 Å². The smallest absolute Gasteiger partial charge is 0.135 e. The molecule has 0 radical (unpaired) electrons. The molecule has 0 N–H and O–H groups in total. The van der Waals surface area contributed by atoms with Crippen molar-refractivity contribution in [1.29, 1.82) is 0 Å². The Hall–Kier alpha value is -4.30. The predicted molar refractivity (Wildman–Crippen MR) is 160 cm³/mol. The number of benzene rings is 5. The number of aromatic nitrogens is 1. The molecule has 0 atom stereocenters. The molecule has 2 nitrogen and oxygen atoms in total. The van der Waals surface area contributed by atoms with E-state index in [1.807, 2.05) is 0 Å². The summed E-state index contributed by atoms with van der Waals surface area (Å²) in [6, 6.07) is 37.4. The van der Waals surface area contributed by atoms with Gasteiger partial charge in [-0.1, -0.05) is 94.4 Å². The molecule has 38 heavy (non-hydrogen) atoms. The Balaban J connectivity index is 1.50. The van der Waals surface area contributed by atoms with Crippen molar-refractivity contribution in [2.24, 2.45) is 0 Å². The summed E-state index contributed by atoms with van der Waals surface area (Å²) in [6.45, 7) is 9.58. The van der Waals surface area contributed by atoms with E-state index in [1.54, 1.807) is 0 Å². The lowest BCUT2D eigenvalue weighted by atomic mass is 9.55. The molecule has 0 saturated heterocycles. The van der Waals surface area contributed by atoms with Crippen molar-refractivity contribution in [3.63, 3.8) is 0 Å². The highest BCUT2D eigenvalue weighted by atomic mass is 16.3. The fourth-order valence-corrected chi connectivity index (χ4v) is 6.98. The Bertz CT molecular complexity index is 2030. The number of rotatable bonds is 1. The van der Waals surface area contributed by atoms with E-state index < -0.39 is 0 Å². The molecule has 8 rings (SSSR count). The summed E-state index contributed by atoms with van der Waals surface area (Å²) < 4.78 is 8.90. The molecule has 184 valence electrons. The standard InChI is InChI=1S/C36H29NO/c1-35(2)28-14-8-5-11-23(28)26-18-20-32-33(34(26)36(35,3)4)27-21-22(17-19-31(27)38-32)37-29-15-9-6-12-24(29)25-13-7-10-16-30(25)37/h5-21H,1-4H3. The minimum Gasteiger partial charge on any atom is -0.456 e. The second kappa shape index (κ2) is 7.17. The van der Waals surface area contributed by atoms with Gasteiger partial charge in [0.15, 0.2) is 0 Å². The van der Waals surface area contributed by atoms with Gasteiger partial charge in [0.2, 0.25) is 0 Å². The maximum absolute atomic E-state index is 6.51. The van der Waals surface area contributed by atoms with Crippen LogP contribution >= 0.6 is 0 Å². The van der Waals surface area contributed by atoms with E-state index in [0.29, 0.717) is 0 Å². The molecule has 1 aliphatic carbocycles. The fourth-order valence-electron chi connectivity index (χ4n) is 6.98. The van der Waals surface area contributed by atoms with Crippen LogP contribution in [-0.2, 0) is 10.8 Å². The second-order valence-corrected chi connectivity index (χ2v) is 11.8. The number of hydrogen-bond acceptors (Lipinski definition) is 1. The van der Waals surface area contributed by atoms with E-state index in [2.05, 4.69) is 135 Å². The summed E-state index contributed by atoms with van der Waals surface area (Å²) in [6.07, 6.45) is 0. The Morgan fingerprint density at radius 2 is 1.18 bits per heavy atom. The lowest BCUT2D eigenvalue weighted by Gasteiger charge is -2.48. The van der Waals surface area contributed by atoms with Gasteiger partial charge >= 0.3 is 0 Å². The van der Waals surface area contributed by atoms with E-state index in [1.165, 1.54) is 54.8 Å². The van der Waals surface area contributed by atoms with Crippen molar-refractivity contribution < 1.29 is 4.42 Å². The van der Waals surface area contributed by atoms with E-state index in [4.69, 9.17) is 4.42 Å². The average Bonchev–Trinajstić information content (AvgIpc) is 3.47. The number of nitrogens with zero attached hydrogens (tertiary/aromatic N) is 1. The predicted octanol–water partition coefficient (Wildman–Crippen LogP) is 9.92. The molecule has 2 aromatic heterocycles. The van der Waals surface area contributed by atoms with Crippen molar-refractivity contribution in [2.75, 3.05) is 0 Å². The molecule has 0 aliphatic heterocycles. The summed E-state index contributed by atoms with van der Waals surface area (Å²) in [4.78, 5) is 0. The van der Waals surface area contributed by atoms with Gasteiger partial charge in [-0.05, 0) is 64.1 Å². The molecule has 0 amide bonds. The van der Waals surface area contributed by atoms with Gasteiger partial charge in [-0.25, -0.2) is 0 Å². The van der Waals surface area contributed by atoms with E-state index in [0.717, 1.165) is 16.9 Å². The maximum Gasteiger partial charge on any atom is 0.135 e. The third-order valence-electron chi connectivity index (χ3n) is 9.54. The normalized spacial score (nSPS) is 15.8. The molecule has 0 spiro atoms. The Morgan fingerprint density at radius 1 is 0.553 bits per heavy atom. The first kappa shape index (κ1) is 21.8. The third kappa shape index (κ3) is 2.58. The van der Waals surface area contributed by atoms with Gasteiger partial charge in [0.1, 0.15) is 11.2 Å². The summed E-state index contributed by atoms with van der Waals surface area (Å²) >= 11 is 0. The first-order chi connectivity index (χ1) is 18.4. The van der Waals surface area contributed by atoms with Gasteiger partial charge in [-0.3, -0.25) is 0 Å². The van der Waals surface area contributed by atoms with Crippen LogP contribution in [0.3, 0.4) is 0 Å². The van der Waals surface area contributed by atoms with Gasteiger partial charge < -0.3 is 8.98 Å². The molecule has 0 unspecified atom stereocenters. The highest BCUT2D eigenvalue weighted by Gasteiger charge is 2.47. The van der Waals surface area contributed by atoms with Gasteiger partial charge in [-0.2, -0.15) is 0 Å². The Morgan fingerprint density at radius 3 is 1.92 bits per heavy atom. The van der Waals surface area contributed by atoms with Gasteiger partial charge in [0, 0.05) is 32.6 Å². The second-order valence-electron chi connectivity index (χ2n) is 11.8. The van der Waals surface area contributed by atoms with Crippen molar-refractivity contribution in [3.8, 4) is 16.8 Å². The molecule has 0 saturated carbocycles. The van der Waals surface area contributed by atoms with E-state index in [9.17, 15) is 0 Å². The van der Waals surface area contributed by atoms with Crippen LogP contribution < -0.4 is 0 Å². The van der Waals surface area contributed by atoms with Crippen molar-refractivity contribution in [1.82, 2.24) is 4.57 Å². The number of fused-ring (bicyclic) bond motifs is 10. The highest BCUT2D eigenvalue weighted by molar-refractivity contribution is 6.12. The average molecular weight is 492 g/mol. The Labute approximate surface area is 222 Å². The van der Waals surface area contributed by atoms with Gasteiger partial charge in [0.25, 0.3) is 0 Å². The number of furan rings is 1. The SMILES string of the molecule is CC1(C)c2ccccc2-c2ccc3oc4ccc(-n5c6ccccc6c6ccccc65)cc4c3c2C1(C)C. The summed E-state index contributed by atoms with van der Waals surface area (Å²) in [5.41, 5.74) is 10.8. The lowest BCUT2D eigenvalue weighted by molar-refractivity contribution is 0.301. The zero-order chi connectivity index (χ0) is 25.8. The van der Waals surface area contributed by atoms with E-state index in [-0.39, 0.29) is 10.8 Å². The van der Waals surface area contributed by atoms with Gasteiger partial charge in [-0.15, -0.1) is 0 Å². The molecular weight excluding hydrogens is 462 g/mol. The first-order valence-corrected chi connectivity index (χ1v) is 13.5. The monoisotopic (exact) mass is 491 g/mol. The lowest BCUT2D eigenvalue weighted by Crippen LogP contribution is -2.43. The molecular formula is C36H29NO. The zero-order valence-corrected chi connectivity index (χ0v) is 22.2. The molecule has 1 aliphatic rings. The topological polar surface area (TPSA) is 18.1 Å². The molecule has 2 heteroatoms. The Kier molecular flexibility index (Phi) is 4.10. The fraction of sp³-hybridized carbons (Fsp3) is 0.167. The number of hydrogen-bond donors (Lipinski definition) is 0. The van der Waals surface area contributed by atoms with Crippen LogP contribution in [0.5, 0.6) is 0 Å². The van der Waals surface area contributed by atoms with Crippen LogP contribution in [0.1, 0.15) is 38.8 Å². The van der Waals surface area contributed by atoms with Crippen molar-refractivity contribution in [2.45, 2.75) is 38.5 Å². The van der Waals surface area contributed by atoms with Crippen molar-refractivity contribution in [3.05, 3.63) is 114 Å². The summed E-state index contributed by atoms with van der Waals surface area (Å²) in [5.74, 6) is 0. The summed E-state index contributed by atoms with van der Waals surface area (Å²) in [5, 5.41) is 4.97. The zero-order valence-electron chi connectivity index (χ0n) is 22.2. The molecule has 7 aromatic rings. The van der Waals surface area contributed by atoms with Crippen LogP contribution in [0.4, 0.5) is 0 Å². The quantitative estimate of drug-likeness (QED) is 0.223. The van der Waals surface area contributed by atoms with E-state index >= 15 is 0 Å². The molecule has 0 bridgehead atoms. The van der Waals surface area contributed by atoms with Crippen LogP contribution in [0.25, 0.3) is 60.6 Å². The van der Waals surface area contributed by atoms with Gasteiger partial charge in [0.05, 0.1) is 11.0 Å². The third-order valence-corrected chi connectivity index (χ3v) is 9.54. The van der Waals surface area contributed by atoms with Crippen LogP contribution in [0.15, 0.2) is 108 Å². The summed E-state index contributed by atoms with van der Waals surface area (Å²) in [7, 11) is 0. The molecule has 0 fully saturated rings. The van der Waals surface area contributed by atoms with Crippen LogP contribution in [-0.4, -0.2) is 4.57 Å². The van der Waals surface area contributed by atoms with Crippen molar-refractivity contribution >= 4 is 43.7 Å². The molecule has 5 aromatic carbocycles. The van der Waals surface area contributed by atoms with Crippen LogP contribution in [0, 0.1) is 0 Å². The maximum atomic E-state index is 6.51. The minimum absolute atomic E-state index is 0.0427. The largest absolute Gasteiger partial charge is 0.456 e. The highest BCUT2D eigenvalue weighted by Crippen LogP contribution is 2.56.